The minimum atomic E-state index is -0.202. The van der Waals surface area contributed by atoms with Gasteiger partial charge in [0.15, 0.2) is 17.2 Å². The predicted octanol–water partition coefficient (Wildman–Crippen LogP) is 4.58. The van der Waals surface area contributed by atoms with Gasteiger partial charge in [0, 0.05) is 18.4 Å². The first-order valence-electron chi connectivity index (χ1n) is 12.4. The van der Waals surface area contributed by atoms with Gasteiger partial charge < -0.3 is 14.4 Å². The van der Waals surface area contributed by atoms with E-state index in [0.717, 1.165) is 41.9 Å². The summed E-state index contributed by atoms with van der Waals surface area (Å²) in [6.07, 6.45) is 2.59. The summed E-state index contributed by atoms with van der Waals surface area (Å²) < 4.78 is 13.1. The van der Waals surface area contributed by atoms with Crippen LogP contribution in [0.2, 0.25) is 0 Å². The Hall–Kier alpha value is -4.13. The highest BCUT2D eigenvalue weighted by Gasteiger charge is 2.33. The molecule has 1 aromatic heterocycles. The third-order valence-electron chi connectivity index (χ3n) is 6.92. The van der Waals surface area contributed by atoms with E-state index < -0.39 is 0 Å². The molecule has 182 valence electrons. The van der Waals surface area contributed by atoms with Gasteiger partial charge in [0.25, 0.3) is 11.5 Å². The summed E-state index contributed by atoms with van der Waals surface area (Å²) in [5.41, 5.74) is 2.08. The zero-order valence-corrected chi connectivity index (χ0v) is 19.9. The van der Waals surface area contributed by atoms with Crippen molar-refractivity contribution in [1.29, 1.82) is 0 Å². The maximum absolute atomic E-state index is 14.0. The van der Waals surface area contributed by atoms with Crippen LogP contribution < -0.4 is 15.0 Å². The van der Waals surface area contributed by atoms with Gasteiger partial charge in [-0.25, -0.2) is 4.68 Å². The van der Waals surface area contributed by atoms with Crippen molar-refractivity contribution in [2.24, 2.45) is 0 Å². The van der Waals surface area contributed by atoms with Crippen molar-refractivity contribution in [3.05, 3.63) is 100.0 Å². The van der Waals surface area contributed by atoms with E-state index in [1.807, 2.05) is 71.6 Å². The first kappa shape index (κ1) is 22.3. The summed E-state index contributed by atoms with van der Waals surface area (Å²) >= 11 is 0. The van der Waals surface area contributed by atoms with Crippen LogP contribution in [0.4, 0.5) is 0 Å². The normalized spacial score (nSPS) is 17.2. The van der Waals surface area contributed by atoms with Gasteiger partial charge in [-0.1, -0.05) is 54.6 Å². The molecule has 1 amide bonds. The zero-order valence-electron chi connectivity index (χ0n) is 19.9. The fourth-order valence-electron chi connectivity index (χ4n) is 5.14. The van der Waals surface area contributed by atoms with E-state index in [0.29, 0.717) is 42.8 Å². The SMILES string of the molecule is O=C(c1nn(Cc2ccccc2)c(=O)c2ccccc12)N1CCC[C@@H]1c1ccc2c(c1)OCCCO2. The minimum Gasteiger partial charge on any atom is -0.490 e. The number of nitrogens with zero attached hydrogens (tertiary/aromatic N) is 3. The number of hydrogen-bond acceptors (Lipinski definition) is 5. The molecule has 36 heavy (non-hydrogen) atoms. The molecule has 0 radical (unpaired) electrons. The molecular formula is C29H27N3O4. The molecule has 4 aromatic rings. The lowest BCUT2D eigenvalue weighted by Gasteiger charge is -2.26. The van der Waals surface area contributed by atoms with Crippen LogP contribution in [0.3, 0.4) is 0 Å². The van der Waals surface area contributed by atoms with E-state index in [1.54, 1.807) is 6.07 Å². The summed E-state index contributed by atoms with van der Waals surface area (Å²) in [6, 6.07) is 22.8. The Morgan fingerprint density at radius 1 is 0.889 bits per heavy atom. The van der Waals surface area contributed by atoms with Crippen molar-refractivity contribution in [2.75, 3.05) is 19.8 Å². The summed E-state index contributed by atoms with van der Waals surface area (Å²) in [7, 11) is 0. The number of carbonyl (C=O) groups excluding carboxylic acids is 1. The minimum absolute atomic E-state index is 0.0929. The van der Waals surface area contributed by atoms with Crippen molar-refractivity contribution < 1.29 is 14.3 Å². The molecule has 2 aliphatic rings. The first-order valence-corrected chi connectivity index (χ1v) is 12.4. The fraction of sp³-hybridized carbons (Fsp3) is 0.276. The molecule has 1 atom stereocenters. The number of carbonyl (C=O) groups is 1. The Balaban J connectivity index is 1.38. The van der Waals surface area contributed by atoms with Gasteiger partial charge in [0.1, 0.15) is 0 Å². The van der Waals surface area contributed by atoms with Crippen LogP contribution in [0.5, 0.6) is 11.5 Å². The monoisotopic (exact) mass is 481 g/mol. The Morgan fingerprint density at radius 2 is 1.64 bits per heavy atom. The Kier molecular flexibility index (Phi) is 5.89. The Bertz CT molecular complexity index is 1480. The number of rotatable bonds is 4. The molecule has 0 saturated carbocycles. The highest BCUT2D eigenvalue weighted by atomic mass is 16.5. The number of ether oxygens (including phenoxy) is 2. The summed E-state index contributed by atoms with van der Waals surface area (Å²) in [5.74, 6) is 1.31. The fourth-order valence-corrected chi connectivity index (χ4v) is 5.14. The second-order valence-electron chi connectivity index (χ2n) is 9.26. The van der Waals surface area contributed by atoms with Gasteiger partial charge in [0.05, 0.1) is 31.2 Å². The number of benzene rings is 3. The number of hydrogen-bond donors (Lipinski definition) is 0. The van der Waals surface area contributed by atoms with Crippen molar-refractivity contribution in [1.82, 2.24) is 14.7 Å². The molecular weight excluding hydrogens is 454 g/mol. The summed E-state index contributed by atoms with van der Waals surface area (Å²) in [6.45, 7) is 2.18. The van der Waals surface area contributed by atoms with Crippen LogP contribution >= 0.6 is 0 Å². The largest absolute Gasteiger partial charge is 0.490 e. The van der Waals surface area contributed by atoms with Crippen LogP contribution in [0, 0.1) is 0 Å². The molecule has 0 bridgehead atoms. The van der Waals surface area contributed by atoms with E-state index >= 15 is 0 Å². The van der Waals surface area contributed by atoms with Crippen LogP contribution in [-0.2, 0) is 6.54 Å². The molecule has 1 saturated heterocycles. The second-order valence-corrected chi connectivity index (χ2v) is 9.26. The van der Waals surface area contributed by atoms with Gasteiger partial charge >= 0.3 is 0 Å². The molecule has 0 unspecified atom stereocenters. The maximum atomic E-state index is 14.0. The lowest BCUT2D eigenvalue weighted by molar-refractivity contribution is 0.0729. The molecule has 6 rings (SSSR count). The highest BCUT2D eigenvalue weighted by Crippen LogP contribution is 2.38. The van der Waals surface area contributed by atoms with Gasteiger partial charge in [-0.2, -0.15) is 5.10 Å². The van der Waals surface area contributed by atoms with Gasteiger partial charge in [-0.15, -0.1) is 0 Å². The van der Waals surface area contributed by atoms with Gasteiger partial charge in [0.2, 0.25) is 0 Å². The lowest BCUT2D eigenvalue weighted by atomic mass is 10.0. The molecule has 1 fully saturated rings. The molecule has 3 heterocycles. The van der Waals surface area contributed by atoms with Crippen molar-refractivity contribution >= 4 is 16.7 Å². The Labute approximate surface area is 208 Å². The molecule has 3 aromatic carbocycles. The van der Waals surface area contributed by atoms with E-state index in [4.69, 9.17) is 9.47 Å². The number of aromatic nitrogens is 2. The van der Waals surface area contributed by atoms with Crippen LogP contribution in [0.25, 0.3) is 10.8 Å². The molecule has 2 aliphatic heterocycles. The van der Waals surface area contributed by atoms with Gasteiger partial charge in [-0.05, 0) is 42.2 Å². The van der Waals surface area contributed by atoms with Crippen molar-refractivity contribution in [2.45, 2.75) is 31.8 Å². The number of fused-ring (bicyclic) bond motifs is 2. The third-order valence-corrected chi connectivity index (χ3v) is 6.92. The molecule has 0 aliphatic carbocycles. The maximum Gasteiger partial charge on any atom is 0.275 e. The predicted molar refractivity (Wildman–Crippen MR) is 137 cm³/mol. The van der Waals surface area contributed by atoms with E-state index in [2.05, 4.69) is 5.10 Å². The topological polar surface area (TPSA) is 73.7 Å². The average molecular weight is 482 g/mol. The zero-order chi connectivity index (χ0) is 24.5. The summed E-state index contributed by atoms with van der Waals surface area (Å²) in [5, 5.41) is 5.70. The van der Waals surface area contributed by atoms with E-state index in [9.17, 15) is 9.59 Å². The van der Waals surface area contributed by atoms with E-state index in [1.165, 1.54) is 4.68 Å². The molecule has 7 heteroatoms. The number of amides is 1. The first-order chi connectivity index (χ1) is 17.7. The van der Waals surface area contributed by atoms with Crippen LogP contribution in [0.15, 0.2) is 77.6 Å². The molecule has 7 nitrogen and oxygen atoms in total. The van der Waals surface area contributed by atoms with Crippen LogP contribution in [-0.4, -0.2) is 40.3 Å². The van der Waals surface area contributed by atoms with E-state index in [-0.39, 0.29) is 17.5 Å². The van der Waals surface area contributed by atoms with Gasteiger partial charge in [-0.3, -0.25) is 9.59 Å². The highest BCUT2D eigenvalue weighted by molar-refractivity contribution is 6.05. The Morgan fingerprint density at radius 3 is 2.47 bits per heavy atom. The van der Waals surface area contributed by atoms with Crippen molar-refractivity contribution in [3.63, 3.8) is 0 Å². The average Bonchev–Trinajstić information content (AvgIpc) is 3.29. The lowest BCUT2D eigenvalue weighted by Crippen LogP contribution is -2.34. The second kappa shape index (κ2) is 9.49. The molecule has 0 N–H and O–H groups in total. The van der Waals surface area contributed by atoms with Crippen LogP contribution in [0.1, 0.15) is 46.9 Å². The van der Waals surface area contributed by atoms with Crippen molar-refractivity contribution in [3.8, 4) is 11.5 Å². The number of likely N-dealkylation sites (tertiary alicyclic amines) is 1. The standard InChI is InChI=1S/C29H27N3O4/c33-28-23-11-5-4-10-22(23)27(30-32(28)19-20-8-2-1-3-9-20)29(34)31-15-6-12-24(31)21-13-14-25-26(18-21)36-17-7-16-35-25/h1-5,8-11,13-14,18,24H,6-7,12,15-17,19H2/t24-/m1/s1. The quantitative estimate of drug-likeness (QED) is 0.427. The molecule has 0 spiro atoms. The summed E-state index contributed by atoms with van der Waals surface area (Å²) in [4.78, 5) is 29.1. The third kappa shape index (κ3) is 4.11. The smallest absolute Gasteiger partial charge is 0.275 e.